The monoisotopic (exact) mass is 304 g/mol. The quantitative estimate of drug-likeness (QED) is 0.695. The standard InChI is InChI=1S/C15H16O3SSi/c1-11-4-3-5-15(12(11)2)20-10-13-6-8-14(9-7-13)19(16,17)18/h3-9H,10H2,1-2H3,(H,16,17,18). The molecule has 0 spiro atoms. The second-order valence-electron chi connectivity index (χ2n) is 4.72. The first-order valence-corrected chi connectivity index (χ1v) is 8.89. The molecular weight excluding hydrogens is 288 g/mol. The summed E-state index contributed by atoms with van der Waals surface area (Å²) in [6.07, 6.45) is 0. The average Bonchev–Trinajstić information content (AvgIpc) is 2.40. The first-order chi connectivity index (χ1) is 9.38. The summed E-state index contributed by atoms with van der Waals surface area (Å²) >= 11 is 0. The third-order valence-electron chi connectivity index (χ3n) is 3.31. The van der Waals surface area contributed by atoms with Gasteiger partial charge in [-0.05, 0) is 43.2 Å². The highest BCUT2D eigenvalue weighted by molar-refractivity contribution is 7.85. The van der Waals surface area contributed by atoms with Gasteiger partial charge in [0.15, 0.2) is 0 Å². The minimum absolute atomic E-state index is 0.0590. The zero-order valence-corrected chi connectivity index (χ0v) is 13.2. The molecule has 0 aromatic heterocycles. The Kier molecular flexibility index (Phi) is 4.42. The fourth-order valence-corrected chi connectivity index (χ4v) is 3.71. The van der Waals surface area contributed by atoms with E-state index >= 15 is 0 Å². The molecule has 2 aromatic carbocycles. The lowest BCUT2D eigenvalue weighted by atomic mass is 10.1. The summed E-state index contributed by atoms with van der Waals surface area (Å²) in [5.41, 5.74) is 3.67. The summed E-state index contributed by atoms with van der Waals surface area (Å²) in [5.74, 6) is 0. The average molecular weight is 304 g/mol. The molecule has 0 atom stereocenters. The lowest BCUT2D eigenvalue weighted by molar-refractivity contribution is 0.483. The lowest BCUT2D eigenvalue weighted by Crippen LogP contribution is -2.20. The predicted molar refractivity (Wildman–Crippen MR) is 81.3 cm³/mol. The number of rotatable bonds is 4. The van der Waals surface area contributed by atoms with Crippen LogP contribution in [0.1, 0.15) is 16.7 Å². The van der Waals surface area contributed by atoms with Crippen LogP contribution in [0.3, 0.4) is 0 Å². The fraction of sp³-hybridized carbons (Fsp3) is 0.200. The summed E-state index contributed by atoms with van der Waals surface area (Å²) in [5, 5.41) is 1.34. The van der Waals surface area contributed by atoms with Crippen LogP contribution in [-0.4, -0.2) is 22.5 Å². The minimum Gasteiger partial charge on any atom is -0.282 e. The lowest BCUT2D eigenvalue weighted by Gasteiger charge is -2.08. The van der Waals surface area contributed by atoms with E-state index in [1.54, 1.807) is 12.1 Å². The SMILES string of the molecule is Cc1cccc([Si]Cc2ccc(S(=O)(=O)O)cc2)c1C. The summed E-state index contributed by atoms with van der Waals surface area (Å²) < 4.78 is 30.9. The van der Waals surface area contributed by atoms with Gasteiger partial charge in [0.2, 0.25) is 0 Å². The smallest absolute Gasteiger partial charge is 0.282 e. The minimum atomic E-state index is -4.10. The van der Waals surface area contributed by atoms with Crippen LogP contribution in [-0.2, 0) is 16.2 Å². The van der Waals surface area contributed by atoms with Gasteiger partial charge in [-0.15, -0.1) is 0 Å². The predicted octanol–water partition coefficient (Wildman–Crippen LogP) is 2.08. The van der Waals surface area contributed by atoms with Crippen molar-refractivity contribution < 1.29 is 13.0 Å². The van der Waals surface area contributed by atoms with Crippen molar-refractivity contribution in [3.63, 3.8) is 0 Å². The van der Waals surface area contributed by atoms with Gasteiger partial charge in [0.1, 0.15) is 0 Å². The van der Waals surface area contributed by atoms with Crippen LogP contribution in [0.25, 0.3) is 0 Å². The molecule has 0 bridgehead atoms. The molecule has 0 amide bonds. The van der Waals surface area contributed by atoms with Crippen LogP contribution in [0.15, 0.2) is 47.4 Å². The number of aryl methyl sites for hydroxylation is 1. The van der Waals surface area contributed by atoms with E-state index in [4.69, 9.17) is 4.55 Å². The molecule has 3 nitrogen and oxygen atoms in total. The maximum atomic E-state index is 11.0. The van der Waals surface area contributed by atoms with Crippen LogP contribution >= 0.6 is 0 Å². The second-order valence-corrected chi connectivity index (χ2v) is 7.39. The molecule has 2 radical (unpaired) electrons. The van der Waals surface area contributed by atoms with E-state index in [0.717, 1.165) is 11.6 Å². The third-order valence-corrected chi connectivity index (χ3v) is 5.68. The van der Waals surface area contributed by atoms with Crippen LogP contribution in [0.4, 0.5) is 0 Å². The summed E-state index contributed by atoms with van der Waals surface area (Å²) in [6.45, 7) is 4.23. The van der Waals surface area contributed by atoms with Gasteiger partial charge in [0.25, 0.3) is 10.1 Å². The molecule has 0 aliphatic rings. The molecule has 5 heteroatoms. The van der Waals surface area contributed by atoms with Gasteiger partial charge in [-0.1, -0.05) is 41.1 Å². The number of benzene rings is 2. The molecule has 2 aromatic rings. The molecule has 0 saturated carbocycles. The molecule has 104 valence electrons. The Labute approximate surface area is 122 Å². The van der Waals surface area contributed by atoms with Crippen molar-refractivity contribution in [1.82, 2.24) is 0 Å². The maximum absolute atomic E-state index is 11.0. The molecule has 1 N–H and O–H groups in total. The molecule has 0 aliphatic carbocycles. The Hall–Kier alpha value is -1.43. The topological polar surface area (TPSA) is 54.4 Å². The normalized spacial score (nSPS) is 11.6. The van der Waals surface area contributed by atoms with Crippen molar-refractivity contribution in [2.24, 2.45) is 0 Å². The highest BCUT2D eigenvalue weighted by Crippen LogP contribution is 2.10. The van der Waals surface area contributed by atoms with E-state index in [0.29, 0.717) is 9.52 Å². The maximum Gasteiger partial charge on any atom is 0.294 e. The first kappa shape index (κ1) is 15.0. The first-order valence-electron chi connectivity index (χ1n) is 6.24. The highest BCUT2D eigenvalue weighted by Gasteiger charge is 2.09. The number of hydrogen-bond acceptors (Lipinski definition) is 2. The summed E-state index contributed by atoms with van der Waals surface area (Å²) in [7, 11) is -3.45. The van der Waals surface area contributed by atoms with Crippen molar-refractivity contribution in [2.45, 2.75) is 24.8 Å². The summed E-state index contributed by atoms with van der Waals surface area (Å²) in [4.78, 5) is -0.0590. The third kappa shape index (κ3) is 3.56. The van der Waals surface area contributed by atoms with E-state index in [1.165, 1.54) is 28.4 Å². The number of hydrogen-bond donors (Lipinski definition) is 1. The molecule has 2 rings (SSSR count). The van der Waals surface area contributed by atoms with E-state index < -0.39 is 10.1 Å². The molecule has 0 fully saturated rings. The Bertz CT molecular complexity index is 706. The van der Waals surface area contributed by atoms with E-state index in [9.17, 15) is 8.42 Å². The van der Waals surface area contributed by atoms with Crippen molar-refractivity contribution >= 4 is 24.8 Å². The van der Waals surface area contributed by atoms with Gasteiger partial charge in [-0.25, -0.2) is 0 Å². The molecule has 0 aliphatic heterocycles. The van der Waals surface area contributed by atoms with Crippen LogP contribution in [0.2, 0.25) is 0 Å². The van der Waals surface area contributed by atoms with E-state index in [-0.39, 0.29) is 4.90 Å². The largest absolute Gasteiger partial charge is 0.294 e. The van der Waals surface area contributed by atoms with Gasteiger partial charge < -0.3 is 0 Å². The Morgan fingerprint density at radius 1 is 1.05 bits per heavy atom. The van der Waals surface area contributed by atoms with E-state index in [1.807, 2.05) is 0 Å². The van der Waals surface area contributed by atoms with Crippen molar-refractivity contribution in [1.29, 1.82) is 0 Å². The molecular formula is C15H16O3SSi. The zero-order chi connectivity index (χ0) is 14.8. The van der Waals surface area contributed by atoms with E-state index in [2.05, 4.69) is 32.0 Å². The van der Waals surface area contributed by atoms with Crippen LogP contribution in [0, 0.1) is 13.8 Å². The van der Waals surface area contributed by atoms with Gasteiger partial charge in [0, 0.05) is 0 Å². The Morgan fingerprint density at radius 2 is 1.70 bits per heavy atom. The van der Waals surface area contributed by atoms with Crippen molar-refractivity contribution in [2.75, 3.05) is 0 Å². The summed E-state index contributed by atoms with van der Waals surface area (Å²) in [6, 6.07) is 13.6. The zero-order valence-electron chi connectivity index (χ0n) is 11.4. The van der Waals surface area contributed by atoms with Gasteiger partial charge >= 0.3 is 0 Å². The van der Waals surface area contributed by atoms with Gasteiger partial charge in [-0.2, -0.15) is 8.42 Å². The van der Waals surface area contributed by atoms with Crippen LogP contribution in [0.5, 0.6) is 0 Å². The molecule has 20 heavy (non-hydrogen) atoms. The van der Waals surface area contributed by atoms with Gasteiger partial charge in [0.05, 0.1) is 14.4 Å². The van der Waals surface area contributed by atoms with Crippen LogP contribution < -0.4 is 5.19 Å². The Morgan fingerprint density at radius 3 is 2.30 bits per heavy atom. The highest BCUT2D eigenvalue weighted by atomic mass is 32.2. The fourth-order valence-electron chi connectivity index (χ4n) is 1.92. The molecule has 0 heterocycles. The van der Waals surface area contributed by atoms with Gasteiger partial charge in [-0.3, -0.25) is 4.55 Å². The second kappa shape index (κ2) is 5.91. The molecule has 0 unspecified atom stereocenters. The van der Waals surface area contributed by atoms with Crippen molar-refractivity contribution in [3.8, 4) is 0 Å². The molecule has 0 saturated heterocycles. The Balaban J connectivity index is 2.10. The van der Waals surface area contributed by atoms with Crippen molar-refractivity contribution in [3.05, 3.63) is 59.2 Å².